The lowest BCUT2D eigenvalue weighted by Crippen LogP contribution is -2.48. The number of hydrogen-bond acceptors (Lipinski definition) is 4. The smallest absolute Gasteiger partial charge is 0.251 e. The van der Waals surface area contributed by atoms with Crippen molar-refractivity contribution >= 4 is 29.9 Å². The van der Waals surface area contributed by atoms with Gasteiger partial charge in [0.25, 0.3) is 5.91 Å². The molecular formula is C23H31ClN4O2. The number of nitrogens with one attached hydrogen (secondary N) is 3. The molecule has 1 atom stereocenters. The van der Waals surface area contributed by atoms with Crippen LogP contribution < -0.4 is 16.0 Å². The lowest BCUT2D eigenvalue weighted by atomic mass is 10.0. The lowest BCUT2D eigenvalue weighted by Gasteiger charge is -2.36. The van der Waals surface area contributed by atoms with E-state index in [0.717, 1.165) is 26.1 Å². The molecule has 1 aliphatic rings. The first-order valence-electron chi connectivity index (χ1n) is 10.3. The van der Waals surface area contributed by atoms with Gasteiger partial charge in [-0.25, -0.2) is 0 Å². The van der Waals surface area contributed by atoms with Crippen molar-refractivity contribution in [1.82, 2.24) is 15.5 Å². The molecule has 162 valence electrons. The van der Waals surface area contributed by atoms with Crippen LogP contribution in [0, 0.1) is 0 Å². The van der Waals surface area contributed by atoms with Crippen LogP contribution in [0.4, 0.5) is 5.69 Å². The summed E-state index contributed by atoms with van der Waals surface area (Å²) in [6, 6.07) is 15.9. The Bertz CT molecular complexity index is 841. The van der Waals surface area contributed by atoms with Crippen molar-refractivity contribution in [2.45, 2.75) is 26.3 Å². The first-order chi connectivity index (χ1) is 14.1. The quantitative estimate of drug-likeness (QED) is 0.631. The second-order valence-electron chi connectivity index (χ2n) is 7.27. The number of carbonyl (C=O) groups is 2. The molecule has 0 spiro atoms. The SMILES string of the molecule is CCNC(=O)c1cccc(NC(=O)CN2CCNCC2c2ccc(CC)cc2)c1.Cl. The summed E-state index contributed by atoms with van der Waals surface area (Å²) in [6.45, 7) is 7.41. The Morgan fingerprint density at radius 3 is 2.60 bits per heavy atom. The Kier molecular flexibility index (Phi) is 9.30. The van der Waals surface area contributed by atoms with Crippen molar-refractivity contribution < 1.29 is 9.59 Å². The van der Waals surface area contributed by atoms with Crippen molar-refractivity contribution in [2.75, 3.05) is 38.0 Å². The minimum Gasteiger partial charge on any atom is -0.352 e. The number of halogens is 1. The highest BCUT2D eigenvalue weighted by atomic mass is 35.5. The van der Waals surface area contributed by atoms with Crippen LogP contribution in [-0.4, -0.2) is 49.4 Å². The molecule has 3 N–H and O–H groups in total. The van der Waals surface area contributed by atoms with E-state index in [-0.39, 0.29) is 30.3 Å². The molecule has 2 aromatic rings. The van der Waals surface area contributed by atoms with Gasteiger partial charge >= 0.3 is 0 Å². The summed E-state index contributed by atoms with van der Waals surface area (Å²) < 4.78 is 0. The summed E-state index contributed by atoms with van der Waals surface area (Å²) in [4.78, 5) is 26.9. The molecule has 0 saturated carbocycles. The molecule has 2 aromatic carbocycles. The highest BCUT2D eigenvalue weighted by Gasteiger charge is 2.25. The predicted octanol–water partition coefficient (Wildman–Crippen LogP) is 3.01. The van der Waals surface area contributed by atoms with Gasteiger partial charge in [0.05, 0.1) is 6.54 Å². The minimum atomic E-state index is -0.138. The second-order valence-corrected chi connectivity index (χ2v) is 7.27. The van der Waals surface area contributed by atoms with E-state index in [1.807, 2.05) is 6.92 Å². The molecule has 7 heteroatoms. The number of piperazine rings is 1. The monoisotopic (exact) mass is 430 g/mol. The molecule has 3 rings (SSSR count). The van der Waals surface area contributed by atoms with Crippen LogP contribution in [0.1, 0.15) is 41.4 Å². The maximum Gasteiger partial charge on any atom is 0.251 e. The van der Waals surface area contributed by atoms with Crippen LogP contribution in [-0.2, 0) is 11.2 Å². The molecule has 0 aliphatic carbocycles. The Morgan fingerprint density at radius 1 is 1.13 bits per heavy atom. The fraction of sp³-hybridized carbons (Fsp3) is 0.391. The number of amides is 2. The van der Waals surface area contributed by atoms with Gasteiger partial charge in [0.2, 0.25) is 5.91 Å². The minimum absolute atomic E-state index is 0. The van der Waals surface area contributed by atoms with Gasteiger partial charge in [0, 0.05) is 43.5 Å². The molecule has 0 radical (unpaired) electrons. The van der Waals surface area contributed by atoms with E-state index < -0.39 is 0 Å². The van der Waals surface area contributed by atoms with Crippen LogP contribution in [0.25, 0.3) is 0 Å². The summed E-state index contributed by atoms with van der Waals surface area (Å²) in [6.07, 6.45) is 1.02. The van der Waals surface area contributed by atoms with Gasteiger partial charge in [-0.3, -0.25) is 14.5 Å². The van der Waals surface area contributed by atoms with E-state index in [2.05, 4.69) is 52.0 Å². The molecule has 1 unspecified atom stereocenters. The number of hydrogen-bond donors (Lipinski definition) is 3. The average molecular weight is 431 g/mol. The van der Waals surface area contributed by atoms with Crippen molar-refractivity contribution in [2.24, 2.45) is 0 Å². The van der Waals surface area contributed by atoms with Crippen LogP contribution in [0.5, 0.6) is 0 Å². The van der Waals surface area contributed by atoms with Crippen LogP contribution in [0.15, 0.2) is 48.5 Å². The fourth-order valence-electron chi connectivity index (χ4n) is 3.63. The lowest BCUT2D eigenvalue weighted by molar-refractivity contribution is -0.118. The molecule has 1 aliphatic heterocycles. The third-order valence-electron chi connectivity index (χ3n) is 5.22. The Morgan fingerprint density at radius 2 is 1.90 bits per heavy atom. The highest BCUT2D eigenvalue weighted by molar-refractivity contribution is 5.97. The zero-order valence-corrected chi connectivity index (χ0v) is 18.4. The molecule has 0 aromatic heterocycles. The Labute approximate surface area is 184 Å². The van der Waals surface area contributed by atoms with Gasteiger partial charge in [0.1, 0.15) is 0 Å². The maximum atomic E-state index is 12.7. The second kappa shape index (κ2) is 11.7. The summed E-state index contributed by atoms with van der Waals surface area (Å²) in [5.74, 6) is -0.212. The van der Waals surface area contributed by atoms with Crippen LogP contribution in [0.2, 0.25) is 0 Å². The van der Waals surface area contributed by atoms with E-state index in [0.29, 0.717) is 24.3 Å². The van der Waals surface area contributed by atoms with Gasteiger partial charge in [0.15, 0.2) is 0 Å². The number of benzene rings is 2. The van der Waals surface area contributed by atoms with E-state index in [9.17, 15) is 9.59 Å². The summed E-state index contributed by atoms with van der Waals surface area (Å²) in [5.41, 5.74) is 3.72. The van der Waals surface area contributed by atoms with Crippen molar-refractivity contribution in [3.05, 3.63) is 65.2 Å². The Balaban J connectivity index is 0.00000320. The fourth-order valence-corrected chi connectivity index (χ4v) is 3.63. The number of anilines is 1. The standard InChI is InChI=1S/C23H30N4O2.ClH/c1-3-17-8-10-18(11-9-17)21-15-24-12-13-27(21)16-22(28)26-20-7-5-6-19(14-20)23(29)25-4-2;/h5-11,14,21,24H,3-4,12-13,15-16H2,1-2H3,(H,25,29)(H,26,28);1H. The third kappa shape index (κ3) is 6.29. The van der Waals surface area contributed by atoms with Gasteiger partial charge in [-0.1, -0.05) is 37.3 Å². The topological polar surface area (TPSA) is 73.5 Å². The van der Waals surface area contributed by atoms with Crippen LogP contribution in [0.3, 0.4) is 0 Å². The van der Waals surface area contributed by atoms with E-state index >= 15 is 0 Å². The van der Waals surface area contributed by atoms with Crippen molar-refractivity contribution in [1.29, 1.82) is 0 Å². The van der Waals surface area contributed by atoms with Crippen molar-refractivity contribution in [3.63, 3.8) is 0 Å². The first kappa shape index (κ1) is 23.9. The first-order valence-corrected chi connectivity index (χ1v) is 10.3. The molecule has 2 amide bonds. The van der Waals surface area contributed by atoms with Gasteiger partial charge < -0.3 is 16.0 Å². The summed E-state index contributed by atoms with van der Waals surface area (Å²) >= 11 is 0. The van der Waals surface area contributed by atoms with Gasteiger partial charge in [-0.15, -0.1) is 12.4 Å². The zero-order valence-electron chi connectivity index (χ0n) is 17.6. The largest absolute Gasteiger partial charge is 0.352 e. The molecular weight excluding hydrogens is 400 g/mol. The summed E-state index contributed by atoms with van der Waals surface area (Å²) in [5, 5.41) is 9.14. The molecule has 6 nitrogen and oxygen atoms in total. The summed E-state index contributed by atoms with van der Waals surface area (Å²) in [7, 11) is 0. The molecule has 30 heavy (non-hydrogen) atoms. The Hall–Kier alpha value is -2.41. The highest BCUT2D eigenvalue weighted by Crippen LogP contribution is 2.23. The predicted molar refractivity (Wildman–Crippen MR) is 123 cm³/mol. The van der Waals surface area contributed by atoms with Gasteiger partial charge in [-0.05, 0) is 42.7 Å². The molecule has 1 fully saturated rings. The third-order valence-corrected chi connectivity index (χ3v) is 5.22. The zero-order chi connectivity index (χ0) is 20.6. The normalized spacial score (nSPS) is 16.4. The number of carbonyl (C=O) groups excluding carboxylic acids is 2. The number of aryl methyl sites for hydroxylation is 1. The van der Waals surface area contributed by atoms with Crippen molar-refractivity contribution in [3.8, 4) is 0 Å². The maximum absolute atomic E-state index is 12.7. The van der Waals surface area contributed by atoms with Crippen LogP contribution >= 0.6 is 12.4 Å². The molecule has 1 saturated heterocycles. The van der Waals surface area contributed by atoms with E-state index in [1.165, 1.54) is 11.1 Å². The average Bonchev–Trinajstić information content (AvgIpc) is 2.74. The number of nitrogens with zero attached hydrogens (tertiary/aromatic N) is 1. The van der Waals surface area contributed by atoms with E-state index in [4.69, 9.17) is 0 Å². The van der Waals surface area contributed by atoms with E-state index in [1.54, 1.807) is 24.3 Å². The number of rotatable bonds is 7. The molecule has 1 heterocycles. The van der Waals surface area contributed by atoms with Gasteiger partial charge in [-0.2, -0.15) is 0 Å². The molecule has 0 bridgehead atoms.